The lowest BCUT2D eigenvalue weighted by molar-refractivity contribution is -0.139. The van der Waals surface area contributed by atoms with Crippen LogP contribution in [-0.2, 0) is 20.8 Å². The molecule has 3 amide bonds. The second kappa shape index (κ2) is 10.6. The molecule has 190 valence electrons. The molecule has 0 spiro atoms. The predicted molar refractivity (Wildman–Crippen MR) is 133 cm³/mol. The molecule has 0 unspecified atom stereocenters. The molecule has 1 atom stereocenters. The van der Waals surface area contributed by atoms with Crippen molar-refractivity contribution < 1.29 is 27.9 Å². The number of carbonyl (C=O) groups excluding carboxylic acids is 3. The van der Waals surface area contributed by atoms with Crippen LogP contribution in [0.25, 0.3) is 0 Å². The van der Waals surface area contributed by atoms with E-state index in [-0.39, 0.29) is 42.3 Å². The molecule has 1 heterocycles. The van der Waals surface area contributed by atoms with Crippen LogP contribution in [0.3, 0.4) is 0 Å². The number of ether oxygens (including phenoxy) is 1. The highest BCUT2D eigenvalue weighted by molar-refractivity contribution is 8.32. The van der Waals surface area contributed by atoms with E-state index in [1.54, 1.807) is 30.9 Å². The average Bonchev–Trinajstić information content (AvgIpc) is 2.75. The highest BCUT2D eigenvalue weighted by atomic mass is 32.3. The monoisotopic (exact) mass is 507 g/mol. The smallest absolute Gasteiger partial charge is 0.251 e. The van der Waals surface area contributed by atoms with Gasteiger partial charge in [0.1, 0.15) is 23.4 Å². The molecule has 10 heteroatoms. The summed E-state index contributed by atoms with van der Waals surface area (Å²) in [5.74, 6) is -2.24. The Morgan fingerprint density at radius 2 is 1.77 bits per heavy atom. The third-order valence-electron chi connectivity index (χ3n) is 5.84. The molecule has 0 fully saturated rings. The Kier molecular flexibility index (Phi) is 8.04. The topological polar surface area (TPSA) is 102 Å². The Morgan fingerprint density at radius 3 is 2.34 bits per heavy atom. The zero-order valence-electron chi connectivity index (χ0n) is 20.3. The molecule has 3 rings (SSSR count). The van der Waals surface area contributed by atoms with Crippen molar-refractivity contribution in [1.82, 2.24) is 4.90 Å². The molecule has 0 aromatic heterocycles. The highest BCUT2D eigenvalue weighted by Gasteiger charge is 2.36. The number of methoxy groups -OCH3 is 1. The molecule has 0 saturated carbocycles. The van der Waals surface area contributed by atoms with Gasteiger partial charge in [0.05, 0.1) is 12.0 Å². The van der Waals surface area contributed by atoms with Gasteiger partial charge in [0, 0.05) is 25.1 Å². The van der Waals surface area contributed by atoms with E-state index in [2.05, 4.69) is 5.32 Å². The van der Waals surface area contributed by atoms with E-state index in [0.717, 1.165) is 17.7 Å². The Morgan fingerprint density at radius 1 is 1.11 bits per heavy atom. The number of primary amides is 1. The van der Waals surface area contributed by atoms with Crippen molar-refractivity contribution in [3.05, 3.63) is 53.1 Å². The van der Waals surface area contributed by atoms with Crippen LogP contribution in [0.5, 0.6) is 5.75 Å². The molecule has 2 aromatic rings. The lowest BCUT2D eigenvalue weighted by Crippen LogP contribution is -2.45. The number of halogens is 2. The van der Waals surface area contributed by atoms with E-state index in [0.29, 0.717) is 17.7 Å². The van der Waals surface area contributed by atoms with Gasteiger partial charge in [0.15, 0.2) is 0 Å². The molecular weight excluding hydrogens is 476 g/mol. The van der Waals surface area contributed by atoms with Gasteiger partial charge in [-0.3, -0.25) is 14.4 Å². The number of nitrogens with two attached hydrogens (primary N) is 1. The fourth-order valence-corrected chi connectivity index (χ4v) is 5.55. The van der Waals surface area contributed by atoms with Crippen LogP contribution < -0.4 is 15.8 Å². The molecule has 0 bridgehead atoms. The normalized spacial score (nSPS) is 15.8. The van der Waals surface area contributed by atoms with Gasteiger partial charge in [-0.05, 0) is 67.0 Å². The van der Waals surface area contributed by atoms with Crippen LogP contribution in [0.4, 0.5) is 14.5 Å². The second-order valence-electron chi connectivity index (χ2n) is 9.22. The van der Waals surface area contributed by atoms with E-state index in [1.165, 1.54) is 12.0 Å². The summed E-state index contributed by atoms with van der Waals surface area (Å²) in [7, 11) is -0.135. The molecule has 35 heavy (non-hydrogen) atoms. The summed E-state index contributed by atoms with van der Waals surface area (Å²) in [5, 5.41) is 2.59. The Bertz CT molecular complexity index is 1130. The van der Waals surface area contributed by atoms with Gasteiger partial charge in [-0.1, -0.05) is 6.07 Å². The van der Waals surface area contributed by atoms with Gasteiger partial charge in [0.2, 0.25) is 11.8 Å². The largest absolute Gasteiger partial charge is 0.497 e. The summed E-state index contributed by atoms with van der Waals surface area (Å²) in [5.41, 5.74) is 6.59. The number of hydrogen-bond acceptors (Lipinski definition) is 4. The van der Waals surface area contributed by atoms with Crippen molar-refractivity contribution in [3.8, 4) is 5.75 Å². The molecule has 2 aromatic carbocycles. The molecule has 1 aliphatic rings. The van der Waals surface area contributed by atoms with Crippen molar-refractivity contribution in [2.45, 2.75) is 36.6 Å². The van der Waals surface area contributed by atoms with Crippen LogP contribution in [0.15, 0.2) is 35.2 Å². The standard InChI is InChI=1S/C25H31F2N3O4S/c1-34-17-8-9-18-15(12-17)10-11-30(22(32)7-5-6-21(28)31)23(18)25(33)29-16-13-19(26)24(20(27)14-16)35(2,3)4/h8-9,12-14,23H,5-7,10-11H2,1-4H3,(H2,28,31)(H,29,33)/t23-/m1/s1. The fourth-order valence-electron chi connectivity index (χ4n) is 4.27. The summed E-state index contributed by atoms with van der Waals surface area (Å²) in [6.07, 6.45) is 6.21. The van der Waals surface area contributed by atoms with E-state index in [9.17, 15) is 23.2 Å². The summed E-state index contributed by atoms with van der Waals surface area (Å²) in [4.78, 5) is 38.9. The first-order valence-corrected chi connectivity index (χ1v) is 14.0. The lowest BCUT2D eigenvalue weighted by atomic mass is 9.91. The fraction of sp³-hybridized carbons (Fsp3) is 0.400. The van der Waals surface area contributed by atoms with Crippen LogP contribution >= 0.6 is 10.0 Å². The third-order valence-corrected chi connectivity index (χ3v) is 7.45. The first-order valence-electron chi connectivity index (χ1n) is 11.1. The number of rotatable bonds is 8. The van der Waals surface area contributed by atoms with Crippen LogP contribution in [0, 0.1) is 11.6 Å². The van der Waals surface area contributed by atoms with E-state index in [4.69, 9.17) is 10.5 Å². The number of nitrogens with zero attached hydrogens (tertiary/aromatic N) is 1. The Hall–Kier alpha value is -3.14. The first-order chi connectivity index (χ1) is 16.4. The van der Waals surface area contributed by atoms with Gasteiger partial charge in [-0.25, -0.2) is 18.8 Å². The number of carbonyl (C=O) groups is 3. The SMILES string of the molecule is COc1ccc2c(c1)CCN(C(=O)CCCC(N)=O)[C@H]2C(=O)Nc1cc(F)c(S(C)(C)C)c(F)c1. The predicted octanol–water partition coefficient (Wildman–Crippen LogP) is 3.75. The maximum absolute atomic E-state index is 14.7. The number of amides is 3. The van der Waals surface area contributed by atoms with Gasteiger partial charge in [0.25, 0.3) is 5.91 Å². The number of hydrogen-bond donors (Lipinski definition) is 2. The van der Waals surface area contributed by atoms with Crippen LogP contribution in [0.1, 0.15) is 36.4 Å². The summed E-state index contributed by atoms with van der Waals surface area (Å²) in [6, 6.07) is 6.42. The maximum Gasteiger partial charge on any atom is 0.251 e. The number of anilines is 1. The van der Waals surface area contributed by atoms with Crippen molar-refractivity contribution in [1.29, 1.82) is 0 Å². The van der Waals surface area contributed by atoms with E-state index >= 15 is 0 Å². The summed E-state index contributed by atoms with van der Waals surface area (Å²) < 4.78 is 34.8. The van der Waals surface area contributed by atoms with Crippen molar-refractivity contribution in [3.63, 3.8) is 0 Å². The number of benzene rings is 2. The quantitative estimate of drug-likeness (QED) is 0.568. The van der Waals surface area contributed by atoms with Crippen molar-refractivity contribution in [2.24, 2.45) is 5.73 Å². The zero-order chi connectivity index (χ0) is 25.9. The average molecular weight is 508 g/mol. The number of fused-ring (bicyclic) bond motifs is 1. The summed E-state index contributed by atoms with van der Waals surface area (Å²) in [6.45, 7) is 0.267. The van der Waals surface area contributed by atoms with Crippen LogP contribution in [0.2, 0.25) is 0 Å². The third kappa shape index (κ3) is 6.11. The maximum atomic E-state index is 14.7. The minimum atomic E-state index is -1.67. The van der Waals surface area contributed by atoms with E-state index < -0.39 is 39.5 Å². The Balaban J connectivity index is 1.93. The van der Waals surface area contributed by atoms with Crippen molar-refractivity contribution >= 4 is 33.4 Å². The molecule has 3 N–H and O–H groups in total. The van der Waals surface area contributed by atoms with Gasteiger partial charge < -0.3 is 20.7 Å². The molecule has 1 aliphatic heterocycles. The molecule has 7 nitrogen and oxygen atoms in total. The minimum Gasteiger partial charge on any atom is -0.497 e. The highest BCUT2D eigenvalue weighted by Crippen LogP contribution is 2.48. The van der Waals surface area contributed by atoms with Gasteiger partial charge >= 0.3 is 0 Å². The molecule has 0 aliphatic carbocycles. The van der Waals surface area contributed by atoms with Gasteiger partial charge in [-0.15, -0.1) is 0 Å². The molecular formula is C25H31F2N3O4S. The Labute approximate surface area is 205 Å². The van der Waals surface area contributed by atoms with Crippen molar-refractivity contribution in [2.75, 3.05) is 37.7 Å². The molecule has 0 saturated heterocycles. The van der Waals surface area contributed by atoms with E-state index in [1.807, 2.05) is 6.07 Å². The lowest BCUT2D eigenvalue weighted by Gasteiger charge is -2.36. The van der Waals surface area contributed by atoms with Crippen LogP contribution in [-0.4, -0.2) is 55.0 Å². The van der Waals surface area contributed by atoms with Gasteiger partial charge in [-0.2, -0.15) is 0 Å². The second-order valence-corrected chi connectivity index (χ2v) is 13.3. The minimum absolute atomic E-state index is 0.0110. The first kappa shape index (κ1) is 26.5. The zero-order valence-corrected chi connectivity index (χ0v) is 21.1. The summed E-state index contributed by atoms with van der Waals surface area (Å²) >= 11 is 0. The molecule has 0 radical (unpaired) electrons. The number of nitrogens with one attached hydrogen (secondary N) is 1.